The molecule has 6 nitrogen and oxygen atoms in total. The van der Waals surface area contributed by atoms with E-state index in [0.717, 1.165) is 18.0 Å². The van der Waals surface area contributed by atoms with Crippen molar-refractivity contribution in [3.8, 4) is 0 Å². The van der Waals surface area contributed by atoms with Crippen LogP contribution >= 0.6 is 0 Å². The first-order chi connectivity index (χ1) is 15.1. The molecule has 2 amide bonds. The number of amidine groups is 1. The second kappa shape index (κ2) is 8.29. The second-order valence-electron chi connectivity index (χ2n) is 8.38. The van der Waals surface area contributed by atoms with Crippen LogP contribution in [0, 0.1) is 5.92 Å². The van der Waals surface area contributed by atoms with E-state index in [1.165, 1.54) is 29.4 Å². The molecule has 1 aliphatic rings. The first-order valence-corrected chi connectivity index (χ1v) is 10.4. The molecule has 0 bridgehead atoms. The van der Waals surface area contributed by atoms with E-state index in [0.29, 0.717) is 17.1 Å². The number of rotatable bonds is 5. The van der Waals surface area contributed by atoms with E-state index in [1.807, 2.05) is 20.8 Å². The van der Waals surface area contributed by atoms with Crippen molar-refractivity contribution in [2.75, 3.05) is 4.90 Å². The molecule has 2 N–H and O–H groups in total. The average molecular weight is 443 g/mol. The largest absolute Gasteiger partial charge is 0.416 e. The van der Waals surface area contributed by atoms with Crippen molar-refractivity contribution in [3.05, 3.63) is 59.9 Å². The lowest BCUT2D eigenvalue weighted by Crippen LogP contribution is -2.30. The fraction of sp³-hybridized carbons (Fsp3) is 0.348. The van der Waals surface area contributed by atoms with Gasteiger partial charge in [-0.1, -0.05) is 32.0 Å². The van der Waals surface area contributed by atoms with Crippen LogP contribution in [-0.4, -0.2) is 27.9 Å². The number of nitrogens with zero attached hydrogens (tertiary/aromatic N) is 3. The van der Waals surface area contributed by atoms with Gasteiger partial charge in [0.25, 0.3) is 0 Å². The minimum Gasteiger partial charge on any atom is -0.345 e. The Balaban J connectivity index is 1.87. The number of halogens is 3. The summed E-state index contributed by atoms with van der Waals surface area (Å²) in [6, 6.07) is 8.68. The number of anilines is 1. The van der Waals surface area contributed by atoms with Crippen molar-refractivity contribution in [1.82, 2.24) is 15.3 Å². The molecular formula is C23H24F3N5O. The highest BCUT2D eigenvalue weighted by atomic mass is 19.4. The molecule has 32 heavy (non-hydrogen) atoms. The number of aromatic nitrogens is 2. The maximum Gasteiger partial charge on any atom is 0.416 e. The summed E-state index contributed by atoms with van der Waals surface area (Å²) in [6.07, 6.45) is -2.31. The van der Waals surface area contributed by atoms with Gasteiger partial charge >= 0.3 is 12.2 Å². The number of hydrogen-bond acceptors (Lipinski definition) is 3. The monoisotopic (exact) mass is 443 g/mol. The fourth-order valence-corrected chi connectivity index (χ4v) is 4.17. The van der Waals surface area contributed by atoms with Crippen LogP contribution in [0.5, 0.6) is 0 Å². The summed E-state index contributed by atoms with van der Waals surface area (Å²) in [5, 5.41) is 2.72. The minimum absolute atomic E-state index is 0.0315. The summed E-state index contributed by atoms with van der Waals surface area (Å²) in [5.41, 5.74) is 0.982. The molecule has 2 aromatic carbocycles. The lowest BCUT2D eigenvalue weighted by Gasteiger charge is -2.26. The zero-order valence-electron chi connectivity index (χ0n) is 17.9. The van der Waals surface area contributed by atoms with Crippen LogP contribution in [0.15, 0.2) is 53.8 Å². The predicted octanol–water partition coefficient (Wildman–Crippen LogP) is 5.69. The molecule has 3 aromatic rings. The Morgan fingerprint density at radius 3 is 2.62 bits per heavy atom. The Bertz CT molecular complexity index is 1170. The van der Waals surface area contributed by atoms with Crippen LogP contribution in [0.4, 0.5) is 23.7 Å². The van der Waals surface area contributed by atoms with Gasteiger partial charge in [0, 0.05) is 11.7 Å². The molecule has 9 heteroatoms. The normalized spacial score (nSPS) is 19.2. The Morgan fingerprint density at radius 1 is 1.16 bits per heavy atom. The zero-order chi connectivity index (χ0) is 23.0. The molecule has 1 saturated heterocycles. The topological polar surface area (TPSA) is 73.4 Å². The molecule has 0 saturated carbocycles. The van der Waals surface area contributed by atoms with Gasteiger partial charge in [0.1, 0.15) is 11.9 Å². The van der Waals surface area contributed by atoms with Gasteiger partial charge in [-0.25, -0.2) is 9.78 Å². The number of benzene rings is 2. The standard InChI is InChI=1S/C23H24F3N5O/c1-13(2)10-14(3)29-21-20(16-6-4-5-7-17(16)23(24,25)26)31(22(32)30-21)15-8-9-18-19(11-15)28-12-27-18/h4-9,11-14,20H,10H2,1-3H3,(H,27,28)(H,29,30,32). The number of aromatic amines is 1. The number of urea groups is 1. The van der Waals surface area contributed by atoms with Crippen LogP contribution in [0.2, 0.25) is 0 Å². The number of H-pyrrole nitrogens is 1. The van der Waals surface area contributed by atoms with Crippen molar-refractivity contribution >= 4 is 28.6 Å². The SMILES string of the molecule is CC(C)CC(C)/N=C1\NC(=O)N(c2ccc3[nH]cnc3c2)C1c1ccccc1C(F)(F)F. The van der Waals surface area contributed by atoms with Gasteiger partial charge in [0.15, 0.2) is 0 Å². The molecule has 0 spiro atoms. The zero-order valence-corrected chi connectivity index (χ0v) is 17.9. The van der Waals surface area contributed by atoms with Crippen LogP contribution < -0.4 is 10.2 Å². The van der Waals surface area contributed by atoms with E-state index in [4.69, 9.17) is 0 Å². The van der Waals surface area contributed by atoms with E-state index >= 15 is 0 Å². The number of alkyl halides is 3. The molecule has 0 radical (unpaired) electrons. The summed E-state index contributed by atoms with van der Waals surface area (Å²) in [7, 11) is 0. The molecule has 2 unspecified atom stereocenters. The molecule has 2 heterocycles. The van der Waals surface area contributed by atoms with Crippen molar-refractivity contribution in [3.63, 3.8) is 0 Å². The fourth-order valence-electron chi connectivity index (χ4n) is 4.17. The summed E-state index contributed by atoms with van der Waals surface area (Å²) < 4.78 is 41.6. The first kappa shape index (κ1) is 21.9. The summed E-state index contributed by atoms with van der Waals surface area (Å²) in [5.74, 6) is 0.563. The number of aliphatic imine (C=N–C) groups is 1. The Hall–Kier alpha value is -3.36. The van der Waals surface area contributed by atoms with E-state index < -0.39 is 23.8 Å². The van der Waals surface area contributed by atoms with Crippen LogP contribution in [0.25, 0.3) is 11.0 Å². The maximum absolute atomic E-state index is 13.9. The molecule has 4 rings (SSSR count). The van der Waals surface area contributed by atoms with Gasteiger partial charge in [0.2, 0.25) is 0 Å². The molecule has 0 aliphatic carbocycles. The predicted molar refractivity (Wildman–Crippen MR) is 118 cm³/mol. The van der Waals surface area contributed by atoms with Crippen molar-refractivity contribution in [1.29, 1.82) is 0 Å². The highest BCUT2D eigenvalue weighted by Crippen LogP contribution is 2.40. The van der Waals surface area contributed by atoms with Crippen molar-refractivity contribution < 1.29 is 18.0 Å². The highest BCUT2D eigenvalue weighted by Gasteiger charge is 2.44. The lowest BCUT2D eigenvalue weighted by atomic mass is 9.97. The third kappa shape index (κ3) is 4.19. The third-order valence-electron chi connectivity index (χ3n) is 5.39. The molecule has 2 atom stereocenters. The molecule has 1 aromatic heterocycles. The molecule has 168 valence electrons. The smallest absolute Gasteiger partial charge is 0.345 e. The average Bonchev–Trinajstić information content (AvgIpc) is 3.29. The van der Waals surface area contributed by atoms with E-state index in [9.17, 15) is 18.0 Å². The van der Waals surface area contributed by atoms with E-state index in [1.54, 1.807) is 18.2 Å². The molecule has 1 fully saturated rings. The maximum atomic E-state index is 13.9. The number of fused-ring (bicyclic) bond motifs is 1. The van der Waals surface area contributed by atoms with E-state index in [2.05, 4.69) is 20.3 Å². The van der Waals surface area contributed by atoms with Crippen LogP contribution in [-0.2, 0) is 6.18 Å². The first-order valence-electron chi connectivity index (χ1n) is 10.4. The van der Waals surface area contributed by atoms with Gasteiger partial charge in [-0.3, -0.25) is 15.2 Å². The van der Waals surface area contributed by atoms with Crippen LogP contribution in [0.1, 0.15) is 44.4 Å². The third-order valence-corrected chi connectivity index (χ3v) is 5.39. The second-order valence-corrected chi connectivity index (χ2v) is 8.38. The Labute approximate surface area is 183 Å². The number of imidazole rings is 1. The van der Waals surface area contributed by atoms with Gasteiger partial charge in [0.05, 0.1) is 22.9 Å². The highest BCUT2D eigenvalue weighted by molar-refractivity contribution is 6.17. The summed E-state index contributed by atoms with van der Waals surface area (Å²) >= 11 is 0. The molecular weight excluding hydrogens is 419 g/mol. The number of hydrogen-bond donors (Lipinski definition) is 2. The minimum atomic E-state index is -4.57. The van der Waals surface area contributed by atoms with E-state index in [-0.39, 0.29) is 17.4 Å². The van der Waals surface area contributed by atoms with Gasteiger partial charge in [-0.15, -0.1) is 0 Å². The molecule has 1 aliphatic heterocycles. The summed E-state index contributed by atoms with van der Waals surface area (Å²) in [4.78, 5) is 26.2. The van der Waals surface area contributed by atoms with Gasteiger partial charge in [-0.2, -0.15) is 13.2 Å². The van der Waals surface area contributed by atoms with Crippen molar-refractivity contribution in [2.24, 2.45) is 10.9 Å². The number of nitrogens with one attached hydrogen (secondary N) is 2. The Morgan fingerprint density at radius 2 is 1.91 bits per heavy atom. The quantitative estimate of drug-likeness (QED) is 0.532. The van der Waals surface area contributed by atoms with Gasteiger partial charge < -0.3 is 4.98 Å². The number of amides is 2. The summed E-state index contributed by atoms with van der Waals surface area (Å²) in [6.45, 7) is 5.99. The number of carbonyl (C=O) groups is 1. The van der Waals surface area contributed by atoms with Crippen LogP contribution in [0.3, 0.4) is 0 Å². The Kier molecular flexibility index (Phi) is 5.66. The lowest BCUT2D eigenvalue weighted by molar-refractivity contribution is -0.138. The van der Waals surface area contributed by atoms with Gasteiger partial charge in [-0.05, 0) is 49.1 Å². The number of carbonyl (C=O) groups excluding carboxylic acids is 1. The van der Waals surface area contributed by atoms with Crippen molar-refractivity contribution in [2.45, 2.75) is 45.5 Å².